The van der Waals surface area contributed by atoms with Gasteiger partial charge in [0, 0.05) is 16.8 Å². The first-order valence-electron chi connectivity index (χ1n) is 6.75. The van der Waals surface area contributed by atoms with Crippen LogP contribution in [0.2, 0.25) is 5.02 Å². The number of anilines is 1. The van der Waals surface area contributed by atoms with Gasteiger partial charge < -0.3 is 20.3 Å². The monoisotopic (exact) mass is 361 g/mol. The molecule has 0 aromatic heterocycles. The third-order valence-corrected chi connectivity index (χ3v) is 3.81. The SMILES string of the molecule is COc1cccc(C(O)c2cc(Cl)c(C(F)(F)F)cc2N)c1OC. The van der Waals surface area contributed by atoms with Gasteiger partial charge in [0.1, 0.15) is 6.10 Å². The molecule has 0 aliphatic heterocycles. The van der Waals surface area contributed by atoms with Gasteiger partial charge in [0.2, 0.25) is 0 Å². The molecule has 0 spiro atoms. The Bertz CT molecular complexity index is 750. The summed E-state index contributed by atoms with van der Waals surface area (Å²) in [5.41, 5.74) is 4.74. The van der Waals surface area contributed by atoms with E-state index in [4.69, 9.17) is 26.8 Å². The normalized spacial score (nSPS) is 12.8. The number of aliphatic hydroxyl groups excluding tert-OH is 1. The molecule has 2 aromatic carbocycles. The highest BCUT2D eigenvalue weighted by atomic mass is 35.5. The first-order valence-corrected chi connectivity index (χ1v) is 7.13. The molecule has 3 N–H and O–H groups in total. The summed E-state index contributed by atoms with van der Waals surface area (Å²) in [5, 5.41) is 10.0. The van der Waals surface area contributed by atoms with Crippen LogP contribution in [0.3, 0.4) is 0 Å². The Labute approximate surface area is 141 Å². The maximum atomic E-state index is 12.9. The van der Waals surface area contributed by atoms with Crippen LogP contribution >= 0.6 is 11.6 Å². The Kier molecular flexibility index (Phi) is 5.15. The molecule has 0 aliphatic rings. The molecule has 1 atom stereocenters. The molecule has 0 heterocycles. The molecule has 0 amide bonds. The number of rotatable bonds is 4. The van der Waals surface area contributed by atoms with E-state index in [-0.39, 0.29) is 17.0 Å². The number of para-hydroxylation sites is 1. The van der Waals surface area contributed by atoms with E-state index >= 15 is 0 Å². The minimum atomic E-state index is -4.64. The van der Waals surface area contributed by atoms with Crippen LogP contribution in [0.4, 0.5) is 18.9 Å². The van der Waals surface area contributed by atoms with E-state index in [1.807, 2.05) is 0 Å². The van der Waals surface area contributed by atoms with Crippen LogP contribution in [0, 0.1) is 0 Å². The summed E-state index contributed by atoms with van der Waals surface area (Å²) in [6, 6.07) is 6.49. The van der Waals surface area contributed by atoms with Crippen molar-refractivity contribution in [3.63, 3.8) is 0 Å². The predicted molar refractivity (Wildman–Crippen MR) is 84.5 cm³/mol. The highest BCUT2D eigenvalue weighted by molar-refractivity contribution is 6.31. The lowest BCUT2D eigenvalue weighted by Crippen LogP contribution is -2.11. The Morgan fingerprint density at radius 3 is 2.33 bits per heavy atom. The number of alkyl halides is 3. The van der Waals surface area contributed by atoms with Crippen molar-refractivity contribution >= 4 is 17.3 Å². The van der Waals surface area contributed by atoms with Crippen molar-refractivity contribution in [2.24, 2.45) is 0 Å². The summed E-state index contributed by atoms with van der Waals surface area (Å²) < 4.78 is 48.9. The standard InChI is InChI=1S/C16H15ClF3NO3/c1-23-13-5-3-4-8(15(13)24-2)14(22)9-6-11(17)10(7-12(9)21)16(18,19)20/h3-7,14,22H,21H2,1-2H3. The van der Waals surface area contributed by atoms with E-state index in [0.29, 0.717) is 17.4 Å². The second kappa shape index (κ2) is 6.78. The summed E-state index contributed by atoms with van der Waals surface area (Å²) >= 11 is 5.71. The van der Waals surface area contributed by atoms with Crippen LogP contribution in [0.15, 0.2) is 30.3 Å². The molecule has 0 aliphatic carbocycles. The predicted octanol–water partition coefficient (Wildman–Crippen LogP) is 4.04. The summed E-state index contributed by atoms with van der Waals surface area (Å²) in [6.45, 7) is 0. The van der Waals surface area contributed by atoms with Gasteiger partial charge >= 0.3 is 6.18 Å². The molecular weight excluding hydrogens is 347 g/mol. The van der Waals surface area contributed by atoms with Crippen molar-refractivity contribution in [1.82, 2.24) is 0 Å². The zero-order valence-corrected chi connectivity index (χ0v) is 13.6. The van der Waals surface area contributed by atoms with Crippen molar-refractivity contribution in [3.8, 4) is 11.5 Å². The Balaban J connectivity index is 2.56. The Morgan fingerprint density at radius 1 is 1.12 bits per heavy atom. The topological polar surface area (TPSA) is 64.7 Å². The lowest BCUT2D eigenvalue weighted by Gasteiger charge is -2.20. The first-order chi connectivity index (χ1) is 11.2. The quantitative estimate of drug-likeness (QED) is 0.807. The van der Waals surface area contributed by atoms with E-state index in [1.54, 1.807) is 18.2 Å². The number of halogens is 4. The number of hydrogen-bond acceptors (Lipinski definition) is 4. The molecule has 4 nitrogen and oxygen atoms in total. The first kappa shape index (κ1) is 18.2. The number of benzene rings is 2. The van der Waals surface area contributed by atoms with Gasteiger partial charge in [0.15, 0.2) is 11.5 Å². The smallest absolute Gasteiger partial charge is 0.417 e. The second-order valence-corrected chi connectivity index (χ2v) is 5.35. The van der Waals surface area contributed by atoms with Crippen LogP contribution < -0.4 is 15.2 Å². The van der Waals surface area contributed by atoms with Gasteiger partial charge in [-0.05, 0) is 18.2 Å². The number of aliphatic hydroxyl groups is 1. The molecule has 2 rings (SSSR count). The average molecular weight is 362 g/mol. The molecule has 0 saturated heterocycles. The van der Waals surface area contributed by atoms with E-state index < -0.39 is 22.9 Å². The number of ether oxygens (including phenoxy) is 2. The molecular formula is C16H15ClF3NO3. The molecule has 0 bridgehead atoms. The van der Waals surface area contributed by atoms with Crippen LogP contribution in [-0.4, -0.2) is 19.3 Å². The average Bonchev–Trinajstić information content (AvgIpc) is 2.53. The molecule has 0 saturated carbocycles. The molecule has 0 radical (unpaired) electrons. The van der Waals surface area contributed by atoms with Gasteiger partial charge in [-0.2, -0.15) is 13.2 Å². The number of nitrogen functional groups attached to an aromatic ring is 1. The molecule has 130 valence electrons. The zero-order valence-electron chi connectivity index (χ0n) is 12.8. The number of methoxy groups -OCH3 is 2. The van der Waals surface area contributed by atoms with Gasteiger partial charge in [-0.1, -0.05) is 23.7 Å². The van der Waals surface area contributed by atoms with Gasteiger partial charge in [-0.3, -0.25) is 0 Å². The largest absolute Gasteiger partial charge is 0.493 e. The van der Waals surface area contributed by atoms with Crippen LogP contribution in [0.1, 0.15) is 22.8 Å². The van der Waals surface area contributed by atoms with Crippen LogP contribution in [0.5, 0.6) is 11.5 Å². The third kappa shape index (κ3) is 3.37. The third-order valence-electron chi connectivity index (χ3n) is 3.50. The van der Waals surface area contributed by atoms with Crippen molar-refractivity contribution in [2.75, 3.05) is 20.0 Å². The minimum absolute atomic E-state index is 0.0413. The molecule has 2 aromatic rings. The fourth-order valence-electron chi connectivity index (χ4n) is 2.35. The van der Waals surface area contributed by atoms with Crippen molar-refractivity contribution < 1.29 is 27.8 Å². The van der Waals surface area contributed by atoms with Crippen molar-refractivity contribution in [1.29, 1.82) is 0 Å². The molecule has 0 fully saturated rings. The lowest BCUT2D eigenvalue weighted by molar-refractivity contribution is -0.137. The van der Waals surface area contributed by atoms with E-state index in [2.05, 4.69) is 0 Å². The molecule has 8 heteroatoms. The van der Waals surface area contributed by atoms with E-state index in [0.717, 1.165) is 6.07 Å². The fourth-order valence-corrected chi connectivity index (χ4v) is 2.63. The number of hydrogen-bond donors (Lipinski definition) is 2. The summed E-state index contributed by atoms with van der Waals surface area (Å²) in [4.78, 5) is 0. The van der Waals surface area contributed by atoms with Gasteiger partial charge in [-0.15, -0.1) is 0 Å². The lowest BCUT2D eigenvalue weighted by atomic mass is 9.97. The van der Waals surface area contributed by atoms with Gasteiger partial charge in [0.05, 0.1) is 24.8 Å². The van der Waals surface area contributed by atoms with Crippen LogP contribution in [0.25, 0.3) is 0 Å². The second-order valence-electron chi connectivity index (χ2n) is 4.94. The fraction of sp³-hybridized carbons (Fsp3) is 0.250. The van der Waals surface area contributed by atoms with Crippen molar-refractivity contribution in [2.45, 2.75) is 12.3 Å². The highest BCUT2D eigenvalue weighted by Gasteiger charge is 2.34. The molecule has 1 unspecified atom stereocenters. The zero-order chi connectivity index (χ0) is 18.1. The summed E-state index contributed by atoms with van der Waals surface area (Å²) in [6.07, 6.45) is -5.97. The number of nitrogens with two attached hydrogens (primary N) is 1. The minimum Gasteiger partial charge on any atom is -0.493 e. The van der Waals surface area contributed by atoms with Crippen molar-refractivity contribution in [3.05, 3.63) is 52.0 Å². The van der Waals surface area contributed by atoms with Gasteiger partial charge in [-0.25, -0.2) is 0 Å². The summed E-state index contributed by atoms with van der Waals surface area (Å²) in [7, 11) is 2.81. The van der Waals surface area contributed by atoms with E-state index in [9.17, 15) is 18.3 Å². The maximum absolute atomic E-state index is 12.9. The Morgan fingerprint density at radius 2 is 1.79 bits per heavy atom. The maximum Gasteiger partial charge on any atom is 0.417 e. The molecule has 24 heavy (non-hydrogen) atoms. The summed E-state index contributed by atoms with van der Waals surface area (Å²) in [5.74, 6) is 0.619. The van der Waals surface area contributed by atoms with E-state index in [1.165, 1.54) is 14.2 Å². The van der Waals surface area contributed by atoms with Crippen LogP contribution in [-0.2, 0) is 6.18 Å². The highest BCUT2D eigenvalue weighted by Crippen LogP contribution is 2.42. The Hall–Kier alpha value is -2.12. The van der Waals surface area contributed by atoms with Gasteiger partial charge in [0.25, 0.3) is 0 Å².